The van der Waals surface area contributed by atoms with E-state index in [1.54, 1.807) is 6.08 Å². The summed E-state index contributed by atoms with van der Waals surface area (Å²) in [5.74, 6) is -0.992. The minimum atomic E-state index is -4.67. The minimum absolute atomic E-state index is 0.0633. The van der Waals surface area contributed by atoms with E-state index in [1.807, 2.05) is 57.6 Å². The van der Waals surface area contributed by atoms with Crippen molar-refractivity contribution in [3.8, 4) is 0 Å². The number of likely N-dealkylation sites (N-methyl/N-ethyl adjacent to an activating group) is 1. The number of phosphoric ester groups is 1. The van der Waals surface area contributed by atoms with Crippen molar-refractivity contribution in [3.63, 3.8) is 0 Å². The van der Waals surface area contributed by atoms with Gasteiger partial charge < -0.3 is 33.0 Å². The maximum absolute atomic E-state index is 12.7. The van der Waals surface area contributed by atoms with Crippen LogP contribution in [0.25, 0.3) is 0 Å². The quantitative estimate of drug-likeness (QED) is 0.0160. The molecule has 0 aliphatic heterocycles. The molecule has 0 heterocycles. The first-order valence-electron chi connectivity index (χ1n) is 22.7. The molecule has 0 amide bonds. The zero-order valence-electron chi connectivity index (χ0n) is 38.4. The number of aliphatic hydroxyl groups excluding tert-OH is 1. The first-order valence-corrected chi connectivity index (χ1v) is 24.2. The average molecular weight is 872 g/mol. The van der Waals surface area contributed by atoms with Crippen molar-refractivity contribution >= 4 is 19.8 Å². The Bertz CT molecular complexity index is 1420. The normalized spacial score (nSPS) is 15.1. The number of phosphoric acid groups is 1. The molecule has 3 atom stereocenters. The van der Waals surface area contributed by atoms with Crippen LogP contribution in [0.5, 0.6) is 0 Å². The molecule has 0 spiro atoms. The van der Waals surface area contributed by atoms with Gasteiger partial charge in [0.25, 0.3) is 7.82 Å². The molecule has 61 heavy (non-hydrogen) atoms. The molecule has 1 N–H and O–H groups in total. The summed E-state index contributed by atoms with van der Waals surface area (Å²) in [6.45, 7) is 3.85. The van der Waals surface area contributed by atoms with Crippen molar-refractivity contribution in [2.75, 3.05) is 47.5 Å². The standard InChI is InChI=1S/C50H82NO9P/c1-6-8-10-12-14-15-16-17-18-19-20-21-22-23-24-25-29-34-38-42-50(54)60-48(46-59-61(55,56)58-44-43-51(3,4)5)45-57-49(53)41-37-33-30-26-28-32-36-40-47(52)39-35-31-27-13-11-9-7-2/h8,10,14-15,17-18,20-21,23-24,26-27,30-32,35-36,39,47-48,52H,6-7,9,11-13,16,19,22,25,28-29,33-34,37-38,40-46H2,1-5H3/b10-8-,15-14-,18-17-,21-20-,24-23-,30-26+,31-27-,36-32-,39-35-/t47-,48-/m1/s1. The number of aliphatic hydroxyl groups is 1. The van der Waals surface area contributed by atoms with Gasteiger partial charge in [0.05, 0.1) is 33.9 Å². The number of hydrogen-bond acceptors (Lipinski definition) is 9. The lowest BCUT2D eigenvalue weighted by Gasteiger charge is -2.28. The number of unbranched alkanes of at least 4 members (excludes halogenated alkanes) is 7. The van der Waals surface area contributed by atoms with E-state index >= 15 is 0 Å². The van der Waals surface area contributed by atoms with Crippen LogP contribution in [0.1, 0.15) is 136 Å². The molecule has 0 saturated heterocycles. The molecule has 0 bridgehead atoms. The van der Waals surface area contributed by atoms with Gasteiger partial charge >= 0.3 is 11.9 Å². The number of carbonyl (C=O) groups is 2. The van der Waals surface area contributed by atoms with E-state index < -0.39 is 38.6 Å². The molecule has 0 aliphatic rings. The Morgan fingerprint density at radius 3 is 1.77 bits per heavy atom. The van der Waals surface area contributed by atoms with Crippen LogP contribution in [0.4, 0.5) is 0 Å². The highest BCUT2D eigenvalue weighted by molar-refractivity contribution is 7.45. The molecule has 0 aromatic carbocycles. The first kappa shape index (κ1) is 57.6. The largest absolute Gasteiger partial charge is 0.756 e. The van der Waals surface area contributed by atoms with Gasteiger partial charge in [-0.3, -0.25) is 14.2 Å². The van der Waals surface area contributed by atoms with Crippen LogP contribution in [-0.4, -0.2) is 81.2 Å². The number of ether oxygens (including phenoxy) is 2. The van der Waals surface area contributed by atoms with Gasteiger partial charge in [-0.2, -0.15) is 0 Å². The van der Waals surface area contributed by atoms with E-state index in [2.05, 4.69) is 80.7 Å². The number of hydrogen-bond donors (Lipinski definition) is 1. The molecule has 0 rings (SSSR count). The molecule has 0 fully saturated rings. The summed E-state index contributed by atoms with van der Waals surface area (Å²) in [6, 6.07) is 0. The Morgan fingerprint density at radius 1 is 0.623 bits per heavy atom. The zero-order valence-corrected chi connectivity index (χ0v) is 39.3. The predicted molar refractivity (Wildman–Crippen MR) is 251 cm³/mol. The zero-order chi connectivity index (χ0) is 45.1. The lowest BCUT2D eigenvalue weighted by molar-refractivity contribution is -0.870. The van der Waals surface area contributed by atoms with E-state index in [0.717, 1.165) is 64.2 Å². The van der Waals surface area contributed by atoms with Crippen LogP contribution in [0.3, 0.4) is 0 Å². The van der Waals surface area contributed by atoms with E-state index in [0.29, 0.717) is 36.7 Å². The van der Waals surface area contributed by atoms with Crippen LogP contribution >= 0.6 is 7.82 Å². The van der Waals surface area contributed by atoms with Crippen molar-refractivity contribution in [2.45, 2.75) is 148 Å². The Labute approximate surface area is 370 Å². The summed E-state index contributed by atoms with van der Waals surface area (Å²) in [5, 5.41) is 10.1. The third kappa shape index (κ3) is 44.5. The van der Waals surface area contributed by atoms with Gasteiger partial charge in [0.15, 0.2) is 6.10 Å². The second-order valence-electron chi connectivity index (χ2n) is 15.9. The fourth-order valence-corrected chi connectivity index (χ4v) is 6.01. The van der Waals surface area contributed by atoms with Crippen molar-refractivity contribution in [3.05, 3.63) is 109 Å². The van der Waals surface area contributed by atoms with Crippen LogP contribution in [0.2, 0.25) is 0 Å². The Morgan fingerprint density at radius 2 is 1.16 bits per heavy atom. The first-order chi connectivity index (χ1) is 29.4. The van der Waals surface area contributed by atoms with E-state index in [9.17, 15) is 24.2 Å². The second kappa shape index (κ2) is 40.7. The highest BCUT2D eigenvalue weighted by Gasteiger charge is 2.21. The highest BCUT2D eigenvalue weighted by atomic mass is 31.2. The SMILES string of the molecule is CC/C=C\C/C=C\C/C=C\C/C=C\C/C=C\CCCCCC(=O)O[C@H](COC(=O)CCC/C=C/C/C=C\C[C@H](O)/C=C\C=C/CCCCC)COP(=O)([O-])OCC[N+](C)(C)C. The predicted octanol–water partition coefficient (Wildman–Crippen LogP) is 11.5. The van der Waals surface area contributed by atoms with Gasteiger partial charge in [-0.05, 0) is 89.9 Å². The average Bonchev–Trinajstić information content (AvgIpc) is 3.21. The van der Waals surface area contributed by atoms with Crippen molar-refractivity contribution in [1.82, 2.24) is 0 Å². The van der Waals surface area contributed by atoms with E-state index in [1.165, 1.54) is 19.3 Å². The Kier molecular flexibility index (Phi) is 38.4. The second-order valence-corrected chi connectivity index (χ2v) is 17.3. The smallest absolute Gasteiger partial charge is 0.306 e. The maximum atomic E-state index is 12.7. The van der Waals surface area contributed by atoms with Gasteiger partial charge in [-0.15, -0.1) is 0 Å². The van der Waals surface area contributed by atoms with Gasteiger partial charge in [0, 0.05) is 12.8 Å². The number of rotatable bonds is 39. The summed E-state index contributed by atoms with van der Waals surface area (Å²) < 4.78 is 33.8. The van der Waals surface area contributed by atoms with Gasteiger partial charge in [-0.25, -0.2) is 0 Å². The Balaban J connectivity index is 4.58. The summed E-state index contributed by atoms with van der Waals surface area (Å²) in [5.41, 5.74) is 0. The summed E-state index contributed by atoms with van der Waals surface area (Å²) >= 11 is 0. The van der Waals surface area contributed by atoms with Crippen molar-refractivity contribution < 1.29 is 47.2 Å². The molecule has 0 aromatic heterocycles. The van der Waals surface area contributed by atoms with Gasteiger partial charge in [-0.1, -0.05) is 142 Å². The number of nitrogens with zero attached hydrogens (tertiary/aromatic N) is 1. The fourth-order valence-electron chi connectivity index (χ4n) is 5.28. The number of quaternary nitrogens is 1. The molecule has 1 unspecified atom stereocenters. The summed E-state index contributed by atoms with van der Waals surface area (Å²) in [4.78, 5) is 37.6. The molecule has 0 radical (unpaired) electrons. The van der Waals surface area contributed by atoms with Gasteiger partial charge in [0.2, 0.25) is 0 Å². The van der Waals surface area contributed by atoms with Gasteiger partial charge in [0.1, 0.15) is 19.8 Å². The molecular weight excluding hydrogens is 790 g/mol. The third-order valence-electron chi connectivity index (χ3n) is 8.86. The fraction of sp³-hybridized carbons (Fsp3) is 0.600. The summed E-state index contributed by atoms with van der Waals surface area (Å²) in [7, 11) is 1.06. The molecule has 11 heteroatoms. The number of carbonyl (C=O) groups excluding carboxylic acids is 2. The van der Waals surface area contributed by atoms with Crippen LogP contribution < -0.4 is 4.89 Å². The molecule has 10 nitrogen and oxygen atoms in total. The van der Waals surface area contributed by atoms with Crippen molar-refractivity contribution in [2.24, 2.45) is 0 Å². The minimum Gasteiger partial charge on any atom is -0.756 e. The molecule has 0 aliphatic carbocycles. The molecule has 346 valence electrons. The van der Waals surface area contributed by atoms with Crippen LogP contribution in [0.15, 0.2) is 109 Å². The molecular formula is C50H82NO9P. The van der Waals surface area contributed by atoms with Crippen LogP contribution in [0, 0.1) is 0 Å². The molecule has 0 saturated carbocycles. The third-order valence-corrected chi connectivity index (χ3v) is 9.82. The topological polar surface area (TPSA) is 131 Å². The van der Waals surface area contributed by atoms with Crippen LogP contribution in [-0.2, 0) is 32.7 Å². The lowest BCUT2D eigenvalue weighted by Crippen LogP contribution is -2.37. The summed E-state index contributed by atoms with van der Waals surface area (Å²) in [6.07, 6.45) is 51.5. The van der Waals surface area contributed by atoms with E-state index in [4.69, 9.17) is 18.5 Å². The number of allylic oxidation sites excluding steroid dienone is 16. The lowest BCUT2D eigenvalue weighted by atomic mass is 10.1. The molecule has 0 aromatic rings. The maximum Gasteiger partial charge on any atom is 0.306 e. The van der Waals surface area contributed by atoms with Crippen molar-refractivity contribution in [1.29, 1.82) is 0 Å². The monoisotopic (exact) mass is 872 g/mol. The van der Waals surface area contributed by atoms with E-state index in [-0.39, 0.29) is 26.1 Å². The highest BCUT2D eigenvalue weighted by Crippen LogP contribution is 2.38. The Hall–Kier alpha value is -3.37. The number of esters is 2.